The van der Waals surface area contributed by atoms with Crippen LogP contribution in [0.25, 0.3) is 10.9 Å². The highest BCUT2D eigenvalue weighted by molar-refractivity contribution is 7.80. The second kappa shape index (κ2) is 4.30. The van der Waals surface area contributed by atoms with Crippen LogP contribution in [-0.2, 0) is 0 Å². The van der Waals surface area contributed by atoms with Crippen molar-refractivity contribution in [1.29, 1.82) is 0 Å². The third-order valence-electron chi connectivity index (χ3n) is 2.35. The number of nitrogens with two attached hydrogens (primary N) is 1. The van der Waals surface area contributed by atoms with E-state index in [0.717, 1.165) is 0 Å². The van der Waals surface area contributed by atoms with E-state index in [4.69, 9.17) is 0 Å². The van der Waals surface area contributed by atoms with E-state index in [2.05, 4.69) is 18.4 Å². The molecule has 10 heteroatoms. The van der Waals surface area contributed by atoms with Gasteiger partial charge in [-0.05, 0) is 0 Å². The van der Waals surface area contributed by atoms with Gasteiger partial charge in [-0.1, -0.05) is 4.48 Å². The molecular weight excluding hydrogens is 293 g/mol. The van der Waals surface area contributed by atoms with Crippen LogP contribution in [0.1, 0.15) is 0 Å². The number of nitrogens with one attached hydrogen (secondary N) is 1. The maximum atomic E-state index is 13.6. The number of hydrogen-bond acceptors (Lipinski definition) is 2. The monoisotopic (exact) mass is 297 g/mol. The molecule has 0 saturated carbocycles. The van der Waals surface area contributed by atoms with E-state index >= 15 is 0 Å². The summed E-state index contributed by atoms with van der Waals surface area (Å²) in [6.45, 7) is 0. The average Bonchev–Trinajstić information content (AvgIpc) is 2.58. The highest BCUT2D eigenvalue weighted by Gasteiger charge is 2.29. The van der Waals surface area contributed by atoms with Crippen molar-refractivity contribution in [3.05, 3.63) is 23.4 Å². The minimum Gasteiger partial charge on any atom is -0.351 e. The molecule has 102 valence electrons. The zero-order valence-corrected chi connectivity index (χ0v) is 9.66. The fraction of sp³-hybridized carbons (Fsp3) is 0. The smallest absolute Gasteiger partial charge is 0.316 e. The molecule has 0 saturated heterocycles. The molecule has 1 aromatic carbocycles. The summed E-state index contributed by atoms with van der Waals surface area (Å²) in [5.74, 6) is -6.95. The summed E-state index contributed by atoms with van der Waals surface area (Å²) in [4.78, 5) is 8.61. The molecule has 0 aliphatic rings. The largest absolute Gasteiger partial charge is 0.351 e. The number of thiol groups is 1. The number of amides is 2. The van der Waals surface area contributed by atoms with Gasteiger partial charge >= 0.3 is 6.03 Å². The van der Waals surface area contributed by atoms with Gasteiger partial charge in [0.2, 0.25) is 5.95 Å². The number of nitrogens with zero attached hydrogens (tertiary/aromatic N) is 1. The first-order chi connectivity index (χ1) is 8.77. The van der Waals surface area contributed by atoms with Gasteiger partial charge in [0.25, 0.3) is 0 Å². The Bertz CT molecular complexity index is 714. The standard InChI is InChI=1S/C9H4F5N3OS/c10-2-1-5(16-9(15)18)8(13)17(14)6(1)4(12)7(19)3(2)11/h19H,(H3,15,16,18). The van der Waals surface area contributed by atoms with E-state index in [1.165, 1.54) is 0 Å². The summed E-state index contributed by atoms with van der Waals surface area (Å²) in [6, 6.07) is -1.36. The van der Waals surface area contributed by atoms with Crippen LogP contribution in [0.2, 0.25) is 0 Å². The quantitative estimate of drug-likeness (QED) is 0.423. The van der Waals surface area contributed by atoms with Crippen molar-refractivity contribution >= 4 is 35.3 Å². The predicted octanol–water partition coefficient (Wildman–Crippen LogP) is 2.71. The van der Waals surface area contributed by atoms with Crippen molar-refractivity contribution in [2.75, 3.05) is 5.32 Å². The summed E-state index contributed by atoms with van der Waals surface area (Å²) in [5, 5.41) is 0.437. The van der Waals surface area contributed by atoms with Crippen molar-refractivity contribution in [2.45, 2.75) is 4.90 Å². The van der Waals surface area contributed by atoms with Gasteiger partial charge in [-0.25, -0.2) is 18.0 Å². The van der Waals surface area contributed by atoms with Crippen LogP contribution in [0.15, 0.2) is 4.90 Å². The van der Waals surface area contributed by atoms with E-state index in [9.17, 15) is 26.8 Å². The molecule has 0 spiro atoms. The maximum absolute atomic E-state index is 13.6. The molecule has 4 nitrogen and oxygen atoms in total. The van der Waals surface area contributed by atoms with Crippen LogP contribution in [0.5, 0.6) is 0 Å². The zero-order valence-electron chi connectivity index (χ0n) is 8.77. The Morgan fingerprint density at radius 1 is 1.16 bits per heavy atom. The molecule has 0 atom stereocenters. The molecule has 0 fully saturated rings. The van der Waals surface area contributed by atoms with Crippen LogP contribution in [0.3, 0.4) is 0 Å². The topological polar surface area (TPSA) is 60.1 Å². The molecule has 2 aromatic rings. The Labute approximate surface area is 107 Å². The molecule has 0 unspecified atom stereocenters. The summed E-state index contributed by atoms with van der Waals surface area (Å²) in [7, 11) is 0. The Kier molecular flexibility index (Phi) is 3.04. The molecule has 0 radical (unpaired) electrons. The number of halogens is 5. The lowest BCUT2D eigenvalue weighted by atomic mass is 10.2. The van der Waals surface area contributed by atoms with Crippen LogP contribution < -0.4 is 11.1 Å². The number of fused-ring (bicyclic) bond motifs is 1. The minimum atomic E-state index is -1.83. The Hall–Kier alpha value is -1.97. The van der Waals surface area contributed by atoms with Crippen molar-refractivity contribution in [3.63, 3.8) is 0 Å². The lowest BCUT2D eigenvalue weighted by molar-refractivity contribution is 0.259. The normalized spacial score (nSPS) is 11.1. The number of carbonyl (C=O) groups is 1. The van der Waals surface area contributed by atoms with Crippen molar-refractivity contribution in [2.24, 2.45) is 5.73 Å². The fourth-order valence-corrected chi connectivity index (χ4v) is 1.79. The lowest BCUT2D eigenvalue weighted by Crippen LogP contribution is -2.20. The highest BCUT2D eigenvalue weighted by Crippen LogP contribution is 2.37. The average molecular weight is 297 g/mol. The second-order valence-electron chi connectivity index (χ2n) is 3.45. The van der Waals surface area contributed by atoms with Crippen LogP contribution in [0.4, 0.5) is 32.5 Å². The van der Waals surface area contributed by atoms with Crippen LogP contribution >= 0.6 is 12.6 Å². The number of urea groups is 1. The lowest BCUT2D eigenvalue weighted by Gasteiger charge is -2.04. The molecule has 0 bridgehead atoms. The van der Waals surface area contributed by atoms with E-state index in [1.807, 2.05) is 0 Å². The molecule has 1 aromatic heterocycles. The van der Waals surface area contributed by atoms with Crippen molar-refractivity contribution < 1.29 is 26.8 Å². The molecular formula is C9H4F5N3OS. The van der Waals surface area contributed by atoms with Crippen LogP contribution in [0, 0.1) is 23.4 Å². The molecule has 0 aliphatic carbocycles. The van der Waals surface area contributed by atoms with E-state index in [0.29, 0.717) is 0 Å². The van der Waals surface area contributed by atoms with E-state index in [1.54, 1.807) is 5.32 Å². The third-order valence-corrected chi connectivity index (χ3v) is 2.74. The predicted molar refractivity (Wildman–Crippen MR) is 58.7 cm³/mol. The summed E-state index contributed by atoms with van der Waals surface area (Å²) in [5.41, 5.74) is 2.34. The van der Waals surface area contributed by atoms with Gasteiger partial charge < -0.3 is 11.1 Å². The zero-order chi connectivity index (χ0) is 14.5. The number of primary amides is 1. The minimum absolute atomic E-state index is 0.877. The Morgan fingerprint density at radius 2 is 1.74 bits per heavy atom. The number of anilines is 1. The Balaban J connectivity index is 3.00. The first kappa shape index (κ1) is 13.5. The van der Waals surface area contributed by atoms with Crippen molar-refractivity contribution in [3.8, 4) is 0 Å². The molecule has 0 aliphatic heterocycles. The van der Waals surface area contributed by atoms with Crippen molar-refractivity contribution in [1.82, 2.24) is 4.79 Å². The van der Waals surface area contributed by atoms with Gasteiger partial charge in [0, 0.05) is 0 Å². The number of aromatic nitrogens is 1. The third kappa shape index (κ3) is 1.79. The highest BCUT2D eigenvalue weighted by atomic mass is 32.1. The second-order valence-corrected chi connectivity index (χ2v) is 3.90. The van der Waals surface area contributed by atoms with Gasteiger partial charge in [0.1, 0.15) is 11.2 Å². The summed E-state index contributed by atoms with van der Waals surface area (Å²) in [6.07, 6.45) is 0. The molecule has 2 amide bonds. The van der Waals surface area contributed by atoms with Gasteiger partial charge in [0.15, 0.2) is 17.5 Å². The Morgan fingerprint density at radius 3 is 2.26 bits per heavy atom. The molecule has 3 N–H and O–H groups in total. The first-order valence-corrected chi connectivity index (χ1v) is 5.04. The molecule has 1 heterocycles. The SMILES string of the molecule is NC(=O)Nc1c(F)n(F)c2c(F)c(S)c(F)c(F)c12. The number of carbonyl (C=O) groups excluding carboxylic acids is 1. The molecule has 2 rings (SSSR count). The van der Waals surface area contributed by atoms with E-state index < -0.39 is 55.7 Å². The first-order valence-electron chi connectivity index (χ1n) is 4.59. The fourth-order valence-electron chi connectivity index (χ4n) is 1.59. The number of rotatable bonds is 1. The summed E-state index contributed by atoms with van der Waals surface area (Å²) >= 11 is 3.31. The van der Waals surface area contributed by atoms with Gasteiger partial charge in [0.05, 0.1) is 10.3 Å². The number of benzene rings is 1. The van der Waals surface area contributed by atoms with E-state index in [-0.39, 0.29) is 0 Å². The summed E-state index contributed by atoms with van der Waals surface area (Å²) < 4.78 is 67.3. The van der Waals surface area contributed by atoms with Crippen LogP contribution in [-0.4, -0.2) is 10.8 Å². The maximum Gasteiger partial charge on any atom is 0.316 e. The number of hydrogen-bond donors (Lipinski definition) is 3. The van der Waals surface area contributed by atoms with Gasteiger partial charge in [-0.15, -0.1) is 17.4 Å². The molecule has 19 heavy (non-hydrogen) atoms. The van der Waals surface area contributed by atoms with Gasteiger partial charge in [-0.2, -0.15) is 4.39 Å². The van der Waals surface area contributed by atoms with Gasteiger partial charge in [-0.3, -0.25) is 0 Å².